The van der Waals surface area contributed by atoms with Crippen molar-refractivity contribution in [3.05, 3.63) is 81.8 Å². The monoisotopic (exact) mass is 502 g/mol. The number of amides is 1. The number of pyridine rings is 1. The fourth-order valence-corrected chi connectivity index (χ4v) is 5.48. The Kier molecular flexibility index (Phi) is 5.68. The molecular weight excluding hydrogens is 480 g/mol. The fraction of sp³-hybridized carbons (Fsp3) is 0.192. The van der Waals surface area contributed by atoms with Crippen molar-refractivity contribution in [3.8, 4) is 5.75 Å². The molecule has 4 aromatic rings. The van der Waals surface area contributed by atoms with Gasteiger partial charge in [0, 0.05) is 13.1 Å². The number of Topliss-reactive ketones (excluding diaryl/α,β-unsaturated/α-hetero) is 2. The molecule has 4 heterocycles. The Morgan fingerprint density at radius 2 is 1.86 bits per heavy atom. The number of imidazole rings is 1. The predicted octanol–water partition coefficient (Wildman–Crippen LogP) is 4.25. The van der Waals surface area contributed by atoms with Crippen LogP contribution in [0.3, 0.4) is 0 Å². The van der Waals surface area contributed by atoms with E-state index in [-0.39, 0.29) is 22.2 Å². The smallest absolute Gasteiger partial charge is 0.301 e. The van der Waals surface area contributed by atoms with Crippen molar-refractivity contribution >= 4 is 45.3 Å². The lowest BCUT2D eigenvalue weighted by molar-refractivity contribution is -0.132. The van der Waals surface area contributed by atoms with Crippen LogP contribution < -0.4 is 9.64 Å². The van der Waals surface area contributed by atoms with E-state index in [0.29, 0.717) is 38.9 Å². The number of aryl methyl sites for hydroxylation is 2. The first kappa shape index (κ1) is 23.4. The molecule has 9 nitrogen and oxygen atoms in total. The van der Waals surface area contributed by atoms with Gasteiger partial charge in [0.2, 0.25) is 0 Å². The SMILES string of the molecule is COc1cccc(C2/C(=C(\O)c3c(C)nc4ccccn34)C(=O)C(=O)N2c2nc(C)c(C(C)=O)s2)c1. The number of ketones is 2. The molecule has 0 radical (unpaired) electrons. The van der Waals surface area contributed by atoms with E-state index < -0.39 is 17.7 Å². The maximum atomic E-state index is 13.5. The van der Waals surface area contributed by atoms with Crippen LogP contribution in [0.25, 0.3) is 11.4 Å². The number of rotatable bonds is 5. The number of thiazole rings is 1. The molecule has 1 N–H and O–H groups in total. The summed E-state index contributed by atoms with van der Waals surface area (Å²) in [5.74, 6) is -1.72. The van der Waals surface area contributed by atoms with E-state index >= 15 is 0 Å². The third-order valence-corrected chi connectivity index (χ3v) is 7.35. The topological polar surface area (TPSA) is 114 Å². The van der Waals surface area contributed by atoms with Gasteiger partial charge in [-0.15, -0.1) is 0 Å². The highest BCUT2D eigenvalue weighted by Crippen LogP contribution is 2.44. The second-order valence-electron chi connectivity index (χ2n) is 8.39. The van der Waals surface area contributed by atoms with Gasteiger partial charge < -0.3 is 9.84 Å². The van der Waals surface area contributed by atoms with Crippen molar-refractivity contribution in [2.45, 2.75) is 26.8 Å². The van der Waals surface area contributed by atoms with Crippen LogP contribution in [0.5, 0.6) is 5.75 Å². The minimum atomic E-state index is -1.00. The summed E-state index contributed by atoms with van der Waals surface area (Å²) in [7, 11) is 1.52. The second-order valence-corrected chi connectivity index (χ2v) is 9.37. The van der Waals surface area contributed by atoms with Crippen LogP contribution >= 0.6 is 11.3 Å². The number of hydrogen-bond acceptors (Lipinski definition) is 8. The molecule has 1 fully saturated rings. The lowest BCUT2D eigenvalue weighted by atomic mass is 9.96. The maximum Gasteiger partial charge on any atom is 0.301 e. The lowest BCUT2D eigenvalue weighted by Gasteiger charge is -2.23. The van der Waals surface area contributed by atoms with Gasteiger partial charge in [0.25, 0.3) is 5.78 Å². The van der Waals surface area contributed by atoms with E-state index in [1.54, 1.807) is 60.8 Å². The van der Waals surface area contributed by atoms with Gasteiger partial charge in [-0.1, -0.05) is 29.5 Å². The zero-order chi connectivity index (χ0) is 25.7. The van der Waals surface area contributed by atoms with E-state index in [1.807, 2.05) is 6.07 Å². The molecule has 1 aromatic carbocycles. The first-order valence-electron chi connectivity index (χ1n) is 11.1. The molecule has 0 saturated carbocycles. The molecule has 1 atom stereocenters. The number of anilines is 1. The van der Waals surface area contributed by atoms with Crippen LogP contribution in [-0.2, 0) is 9.59 Å². The summed E-state index contributed by atoms with van der Waals surface area (Å²) in [5.41, 5.74) is 2.31. The average Bonchev–Trinajstić information content (AvgIpc) is 3.49. The summed E-state index contributed by atoms with van der Waals surface area (Å²) in [5, 5.41) is 11.8. The summed E-state index contributed by atoms with van der Waals surface area (Å²) >= 11 is 1.04. The molecular formula is C26H22N4O5S. The van der Waals surface area contributed by atoms with Gasteiger partial charge in [-0.2, -0.15) is 0 Å². The van der Waals surface area contributed by atoms with Gasteiger partial charge >= 0.3 is 5.91 Å². The normalized spacial score (nSPS) is 17.2. The molecule has 182 valence electrons. The van der Waals surface area contributed by atoms with Crippen molar-refractivity contribution in [1.82, 2.24) is 14.4 Å². The standard InChI is InChI=1S/C26H22N4O5S/c1-13-20(29-11-6-5-10-18(29)27-13)22(32)19-21(16-8-7-9-17(12-16)35-4)30(25(34)23(19)33)26-28-14(2)24(36-26)15(3)31/h5-12,21,32H,1-4H3/b22-19+. The largest absolute Gasteiger partial charge is 0.505 e. The van der Waals surface area contributed by atoms with Crippen LogP contribution in [-0.4, -0.2) is 44.1 Å². The zero-order valence-electron chi connectivity index (χ0n) is 20.0. The number of methoxy groups -OCH3 is 1. The number of ether oxygens (including phenoxy) is 1. The number of carbonyl (C=O) groups is 3. The van der Waals surface area contributed by atoms with Gasteiger partial charge in [0.05, 0.1) is 35.0 Å². The van der Waals surface area contributed by atoms with Gasteiger partial charge in [0.15, 0.2) is 16.7 Å². The van der Waals surface area contributed by atoms with Crippen LogP contribution in [0, 0.1) is 13.8 Å². The molecule has 0 aliphatic carbocycles. The van der Waals surface area contributed by atoms with Crippen molar-refractivity contribution in [1.29, 1.82) is 0 Å². The van der Waals surface area contributed by atoms with E-state index in [9.17, 15) is 19.5 Å². The quantitative estimate of drug-likeness (QED) is 0.188. The van der Waals surface area contributed by atoms with Crippen LogP contribution in [0.2, 0.25) is 0 Å². The third-order valence-electron chi connectivity index (χ3n) is 6.09. The number of nitrogens with zero attached hydrogens (tertiary/aromatic N) is 4. The van der Waals surface area contributed by atoms with Crippen molar-refractivity contribution in [2.75, 3.05) is 12.0 Å². The molecule has 3 aromatic heterocycles. The van der Waals surface area contributed by atoms with E-state index in [1.165, 1.54) is 18.9 Å². The fourth-order valence-electron chi connectivity index (χ4n) is 4.50. The predicted molar refractivity (Wildman–Crippen MR) is 135 cm³/mol. The highest BCUT2D eigenvalue weighted by Gasteiger charge is 2.49. The van der Waals surface area contributed by atoms with Gasteiger partial charge in [-0.3, -0.25) is 23.7 Å². The molecule has 1 unspecified atom stereocenters. The molecule has 0 bridgehead atoms. The van der Waals surface area contributed by atoms with E-state index in [4.69, 9.17) is 4.74 Å². The molecule has 1 aliphatic rings. The number of benzene rings is 1. The maximum absolute atomic E-state index is 13.5. The molecule has 36 heavy (non-hydrogen) atoms. The number of aliphatic hydroxyl groups excluding tert-OH is 1. The first-order chi connectivity index (χ1) is 17.2. The number of aromatic nitrogens is 3. The third kappa shape index (κ3) is 3.57. The number of fused-ring (bicyclic) bond motifs is 1. The van der Waals surface area contributed by atoms with Crippen molar-refractivity contribution < 1.29 is 24.2 Å². The Balaban J connectivity index is 1.79. The molecule has 1 amide bonds. The van der Waals surface area contributed by atoms with Crippen LogP contribution in [0.1, 0.15) is 45.3 Å². The minimum absolute atomic E-state index is 0.0979. The van der Waals surface area contributed by atoms with E-state index in [2.05, 4.69) is 9.97 Å². The van der Waals surface area contributed by atoms with Crippen LogP contribution in [0.15, 0.2) is 54.2 Å². The summed E-state index contributed by atoms with van der Waals surface area (Å²) in [6, 6.07) is 11.3. The Morgan fingerprint density at radius 3 is 2.56 bits per heavy atom. The van der Waals surface area contributed by atoms with Crippen LogP contribution in [0.4, 0.5) is 5.13 Å². The van der Waals surface area contributed by atoms with Gasteiger partial charge in [0.1, 0.15) is 17.1 Å². The first-order valence-corrected chi connectivity index (χ1v) is 11.9. The lowest BCUT2D eigenvalue weighted by Crippen LogP contribution is -2.29. The second kappa shape index (κ2) is 8.72. The molecule has 1 saturated heterocycles. The Bertz CT molecular complexity index is 1600. The zero-order valence-corrected chi connectivity index (χ0v) is 20.8. The molecule has 10 heteroatoms. The summed E-state index contributed by atoms with van der Waals surface area (Å²) in [4.78, 5) is 49.5. The average molecular weight is 503 g/mol. The minimum Gasteiger partial charge on any atom is -0.505 e. The van der Waals surface area contributed by atoms with Crippen molar-refractivity contribution in [2.24, 2.45) is 0 Å². The highest BCUT2D eigenvalue weighted by molar-refractivity contribution is 7.18. The Labute approximate surface area is 210 Å². The summed E-state index contributed by atoms with van der Waals surface area (Å²) in [6.07, 6.45) is 1.73. The number of hydrogen-bond donors (Lipinski definition) is 1. The summed E-state index contributed by atoms with van der Waals surface area (Å²) in [6.45, 7) is 4.82. The molecule has 0 spiro atoms. The molecule has 5 rings (SSSR count). The highest BCUT2D eigenvalue weighted by atomic mass is 32.1. The van der Waals surface area contributed by atoms with Crippen molar-refractivity contribution in [3.63, 3.8) is 0 Å². The van der Waals surface area contributed by atoms with Gasteiger partial charge in [-0.05, 0) is 43.7 Å². The van der Waals surface area contributed by atoms with Gasteiger partial charge in [-0.25, -0.2) is 9.97 Å². The summed E-state index contributed by atoms with van der Waals surface area (Å²) < 4.78 is 7.04. The Hall–Kier alpha value is -4.31. The van der Waals surface area contributed by atoms with E-state index in [0.717, 1.165) is 11.3 Å². The number of carbonyl (C=O) groups excluding carboxylic acids is 3. The Morgan fingerprint density at radius 1 is 1.08 bits per heavy atom. The molecule has 1 aliphatic heterocycles. The number of aliphatic hydroxyl groups is 1.